The lowest BCUT2D eigenvalue weighted by atomic mass is 10.2. The number of halogens is 1. The van der Waals surface area contributed by atoms with Crippen molar-refractivity contribution in [3.05, 3.63) is 75.1 Å². The number of nitro benzene ring substituents is 1. The third-order valence-corrected chi connectivity index (χ3v) is 5.51. The lowest BCUT2D eigenvalue weighted by Crippen LogP contribution is -2.25. The van der Waals surface area contributed by atoms with Crippen LogP contribution in [-0.4, -0.2) is 37.3 Å². The summed E-state index contributed by atoms with van der Waals surface area (Å²) in [5.41, 5.74) is 0.654. The number of carbonyl (C=O) groups is 2. The molecule has 3 rings (SSSR count). The second-order valence-electron chi connectivity index (χ2n) is 6.48. The van der Waals surface area contributed by atoms with Crippen molar-refractivity contribution in [1.29, 1.82) is 0 Å². The van der Waals surface area contributed by atoms with Crippen molar-refractivity contribution in [3.63, 3.8) is 0 Å². The van der Waals surface area contributed by atoms with Gasteiger partial charge in [0, 0.05) is 35.0 Å². The summed E-state index contributed by atoms with van der Waals surface area (Å²) in [5.74, 6) is -0.0350. The summed E-state index contributed by atoms with van der Waals surface area (Å²) in [6, 6.07) is 12.3. The lowest BCUT2D eigenvalue weighted by molar-refractivity contribution is -0.384. The van der Waals surface area contributed by atoms with E-state index in [-0.39, 0.29) is 29.5 Å². The Bertz CT molecular complexity index is 1140. The number of hydrogen-bond donors (Lipinski definition) is 2. The maximum Gasteiger partial charge on any atom is 0.270 e. The summed E-state index contributed by atoms with van der Waals surface area (Å²) >= 11 is 7.06. The molecule has 0 saturated heterocycles. The third-order valence-electron chi connectivity index (χ3n) is 4.30. The molecule has 0 spiro atoms. The molecule has 166 valence electrons. The zero-order chi connectivity index (χ0) is 23.1. The highest BCUT2D eigenvalue weighted by atomic mass is 35.5. The van der Waals surface area contributed by atoms with Gasteiger partial charge in [-0.3, -0.25) is 19.7 Å². The number of nitro groups is 1. The van der Waals surface area contributed by atoms with Gasteiger partial charge in [-0.15, -0.1) is 10.2 Å². The Kier molecular flexibility index (Phi) is 7.79. The van der Waals surface area contributed by atoms with Gasteiger partial charge in [-0.2, -0.15) is 0 Å². The van der Waals surface area contributed by atoms with Gasteiger partial charge < -0.3 is 15.2 Å². The van der Waals surface area contributed by atoms with E-state index in [0.29, 0.717) is 28.2 Å². The summed E-state index contributed by atoms with van der Waals surface area (Å²) in [4.78, 5) is 34.9. The Morgan fingerprint density at radius 1 is 1.19 bits per heavy atom. The largest absolute Gasteiger partial charge is 0.345 e. The molecule has 32 heavy (non-hydrogen) atoms. The van der Waals surface area contributed by atoms with Gasteiger partial charge >= 0.3 is 0 Å². The van der Waals surface area contributed by atoms with Crippen LogP contribution < -0.4 is 10.6 Å². The van der Waals surface area contributed by atoms with Crippen molar-refractivity contribution in [2.45, 2.75) is 25.2 Å². The van der Waals surface area contributed by atoms with E-state index in [1.165, 1.54) is 36.0 Å². The van der Waals surface area contributed by atoms with Gasteiger partial charge in [0.05, 0.1) is 17.2 Å². The molecule has 12 heteroatoms. The fourth-order valence-electron chi connectivity index (χ4n) is 2.76. The number of thioether (sulfide) groups is 1. The van der Waals surface area contributed by atoms with Gasteiger partial charge in [0.15, 0.2) is 11.0 Å². The van der Waals surface area contributed by atoms with E-state index < -0.39 is 10.8 Å². The molecule has 0 radical (unpaired) electrons. The topological polar surface area (TPSA) is 132 Å². The van der Waals surface area contributed by atoms with Crippen molar-refractivity contribution in [2.75, 3.05) is 11.1 Å². The van der Waals surface area contributed by atoms with E-state index >= 15 is 0 Å². The van der Waals surface area contributed by atoms with E-state index in [4.69, 9.17) is 11.6 Å². The second-order valence-corrected chi connectivity index (χ2v) is 7.86. The minimum atomic E-state index is -0.558. The number of nitrogens with zero attached hydrogens (tertiary/aromatic N) is 4. The highest BCUT2D eigenvalue weighted by Gasteiger charge is 2.16. The number of rotatable bonds is 9. The Hall–Kier alpha value is -3.44. The van der Waals surface area contributed by atoms with E-state index in [1.807, 2.05) is 6.92 Å². The molecule has 0 atom stereocenters. The zero-order valence-electron chi connectivity index (χ0n) is 16.9. The Morgan fingerprint density at radius 3 is 2.62 bits per heavy atom. The first-order valence-corrected chi connectivity index (χ1v) is 10.9. The SMILES string of the molecule is CCn1c(CNC(=O)c2cccc([N+](=O)[O-])c2)nnc1SCC(=O)Nc1ccc(Cl)cc1. The molecular formula is C20H19ClN6O4S. The zero-order valence-corrected chi connectivity index (χ0v) is 18.5. The molecule has 1 heterocycles. The minimum Gasteiger partial charge on any atom is -0.345 e. The van der Waals surface area contributed by atoms with Crippen molar-refractivity contribution in [2.24, 2.45) is 0 Å². The number of nitrogens with one attached hydrogen (secondary N) is 2. The quantitative estimate of drug-likeness (QED) is 0.275. The van der Waals surface area contributed by atoms with E-state index in [2.05, 4.69) is 20.8 Å². The van der Waals surface area contributed by atoms with Crippen LogP contribution in [0.25, 0.3) is 0 Å². The summed E-state index contributed by atoms with van der Waals surface area (Å²) in [6.07, 6.45) is 0. The number of anilines is 1. The number of aromatic nitrogens is 3. The smallest absolute Gasteiger partial charge is 0.270 e. The van der Waals surface area contributed by atoms with Gasteiger partial charge in [0.25, 0.3) is 11.6 Å². The average Bonchev–Trinajstić information content (AvgIpc) is 3.19. The van der Waals surface area contributed by atoms with Gasteiger partial charge in [-0.25, -0.2) is 0 Å². The molecule has 0 aliphatic carbocycles. The minimum absolute atomic E-state index is 0.0832. The van der Waals surface area contributed by atoms with Crippen molar-refractivity contribution in [1.82, 2.24) is 20.1 Å². The monoisotopic (exact) mass is 474 g/mol. The molecule has 10 nitrogen and oxygen atoms in total. The van der Waals surface area contributed by atoms with Crippen LogP contribution in [0.5, 0.6) is 0 Å². The summed E-state index contributed by atoms with van der Waals surface area (Å²) < 4.78 is 1.79. The lowest BCUT2D eigenvalue weighted by Gasteiger charge is -2.09. The van der Waals surface area contributed by atoms with E-state index in [1.54, 1.807) is 28.8 Å². The first kappa shape index (κ1) is 23.2. The van der Waals surface area contributed by atoms with Crippen molar-refractivity contribution in [3.8, 4) is 0 Å². The molecule has 0 aliphatic rings. The van der Waals surface area contributed by atoms with Gasteiger partial charge in [-0.1, -0.05) is 29.4 Å². The number of benzene rings is 2. The van der Waals surface area contributed by atoms with Crippen LogP contribution in [0, 0.1) is 10.1 Å². The fourth-order valence-corrected chi connectivity index (χ4v) is 3.70. The highest BCUT2D eigenvalue weighted by Crippen LogP contribution is 2.19. The fraction of sp³-hybridized carbons (Fsp3) is 0.200. The number of carbonyl (C=O) groups excluding carboxylic acids is 2. The molecule has 0 fully saturated rings. The molecule has 1 aromatic heterocycles. The molecule has 0 saturated carbocycles. The molecular weight excluding hydrogens is 456 g/mol. The van der Waals surface area contributed by atoms with Crippen LogP contribution in [0.2, 0.25) is 5.02 Å². The Morgan fingerprint density at radius 2 is 1.94 bits per heavy atom. The van der Waals surface area contributed by atoms with Gasteiger partial charge in [-0.05, 0) is 37.3 Å². The first-order chi connectivity index (χ1) is 15.4. The Labute approximate surface area is 192 Å². The summed E-state index contributed by atoms with van der Waals surface area (Å²) in [5, 5.41) is 25.7. The van der Waals surface area contributed by atoms with Crippen molar-refractivity contribution >= 4 is 46.6 Å². The average molecular weight is 475 g/mol. The highest BCUT2D eigenvalue weighted by molar-refractivity contribution is 7.99. The summed E-state index contributed by atoms with van der Waals surface area (Å²) in [6.45, 7) is 2.52. The predicted octanol–water partition coefficient (Wildman–Crippen LogP) is 3.52. The van der Waals surface area contributed by atoms with Gasteiger partial charge in [0.2, 0.25) is 5.91 Å². The number of non-ortho nitro benzene ring substituents is 1. The third kappa shape index (κ3) is 6.05. The maximum atomic E-state index is 12.4. The van der Waals surface area contributed by atoms with Crippen molar-refractivity contribution < 1.29 is 14.5 Å². The van der Waals surface area contributed by atoms with Crippen LogP contribution in [-0.2, 0) is 17.9 Å². The first-order valence-electron chi connectivity index (χ1n) is 9.50. The predicted molar refractivity (Wildman–Crippen MR) is 121 cm³/mol. The standard InChI is InChI=1S/C20H19ClN6O4S/c1-2-26-17(11-22-19(29)13-4-3-5-16(10-13)27(30)31)24-25-20(26)32-12-18(28)23-15-8-6-14(21)7-9-15/h3-10H,2,11-12H2,1H3,(H,22,29)(H,23,28). The molecule has 2 N–H and O–H groups in total. The molecule has 2 amide bonds. The van der Waals surface area contributed by atoms with E-state index in [9.17, 15) is 19.7 Å². The normalized spacial score (nSPS) is 10.6. The van der Waals surface area contributed by atoms with Crippen LogP contribution in [0.4, 0.5) is 11.4 Å². The van der Waals surface area contributed by atoms with Gasteiger partial charge in [0.1, 0.15) is 0 Å². The number of amides is 2. The number of hydrogen-bond acceptors (Lipinski definition) is 7. The van der Waals surface area contributed by atoms with Crippen LogP contribution in [0.1, 0.15) is 23.1 Å². The Balaban J connectivity index is 1.57. The van der Waals surface area contributed by atoms with Crippen LogP contribution >= 0.6 is 23.4 Å². The molecule has 0 aliphatic heterocycles. The molecule has 0 bridgehead atoms. The van der Waals surface area contributed by atoms with E-state index in [0.717, 1.165) is 0 Å². The molecule has 3 aromatic rings. The maximum absolute atomic E-state index is 12.4. The molecule has 0 unspecified atom stereocenters. The summed E-state index contributed by atoms with van der Waals surface area (Å²) in [7, 11) is 0. The van der Waals surface area contributed by atoms with Crippen LogP contribution in [0.15, 0.2) is 53.7 Å². The van der Waals surface area contributed by atoms with Crippen LogP contribution in [0.3, 0.4) is 0 Å². The second kappa shape index (κ2) is 10.7. The molecule has 2 aromatic carbocycles.